The van der Waals surface area contributed by atoms with Gasteiger partial charge in [0.1, 0.15) is 0 Å². The highest BCUT2D eigenvalue weighted by atomic mass is 16.5. The number of piperidine rings is 1. The van der Waals surface area contributed by atoms with Crippen LogP contribution in [0.15, 0.2) is 24.5 Å². The van der Waals surface area contributed by atoms with Crippen LogP contribution in [0.4, 0.5) is 0 Å². The molecule has 3 heterocycles. The summed E-state index contributed by atoms with van der Waals surface area (Å²) in [6.07, 6.45) is 6.62. The summed E-state index contributed by atoms with van der Waals surface area (Å²) in [4.78, 5) is 21.3. The van der Waals surface area contributed by atoms with E-state index in [4.69, 9.17) is 4.74 Å². The lowest BCUT2D eigenvalue weighted by Crippen LogP contribution is -2.52. The molecule has 1 spiro atoms. The zero-order valence-electron chi connectivity index (χ0n) is 13.5. The topological polar surface area (TPSA) is 45.7 Å². The molecular weight excluding hydrogens is 278 g/mol. The van der Waals surface area contributed by atoms with Gasteiger partial charge < -0.3 is 14.5 Å². The van der Waals surface area contributed by atoms with E-state index in [9.17, 15) is 4.79 Å². The number of carbonyl (C=O) groups excluding carboxylic acids is 1. The number of nitrogens with zero attached hydrogens (tertiary/aromatic N) is 3. The van der Waals surface area contributed by atoms with E-state index < -0.39 is 0 Å². The molecule has 5 nitrogen and oxygen atoms in total. The van der Waals surface area contributed by atoms with Crippen LogP contribution >= 0.6 is 0 Å². The molecule has 0 unspecified atom stereocenters. The predicted octanol–water partition coefficient (Wildman–Crippen LogP) is 1.51. The Bertz CT molecular complexity index is 512. The lowest BCUT2D eigenvalue weighted by atomic mass is 9.81. The zero-order valence-corrected chi connectivity index (χ0v) is 13.5. The number of hydrogen-bond donors (Lipinski definition) is 0. The minimum absolute atomic E-state index is 0.0239. The van der Waals surface area contributed by atoms with Gasteiger partial charge in [0.2, 0.25) is 5.91 Å². The molecule has 0 aliphatic carbocycles. The van der Waals surface area contributed by atoms with Crippen LogP contribution in [-0.4, -0.2) is 66.6 Å². The SMILES string of the molecule is COCCN1CCC2(CC1)C[C@@H](c1cccnc1)C(=O)N2C. The number of likely N-dealkylation sites (tertiary alicyclic amines) is 2. The summed E-state index contributed by atoms with van der Waals surface area (Å²) in [6, 6.07) is 3.94. The molecule has 3 rings (SSSR count). The molecule has 2 fully saturated rings. The number of pyridine rings is 1. The first-order valence-electron chi connectivity index (χ1n) is 8.05. The minimum Gasteiger partial charge on any atom is -0.383 e. The summed E-state index contributed by atoms with van der Waals surface area (Å²) < 4.78 is 5.16. The van der Waals surface area contributed by atoms with Crippen molar-refractivity contribution in [3.8, 4) is 0 Å². The van der Waals surface area contributed by atoms with E-state index in [2.05, 4.69) is 9.88 Å². The molecule has 2 saturated heterocycles. The van der Waals surface area contributed by atoms with E-state index >= 15 is 0 Å². The number of hydrogen-bond acceptors (Lipinski definition) is 4. The normalized spacial score (nSPS) is 25.1. The highest BCUT2D eigenvalue weighted by molar-refractivity contribution is 5.86. The summed E-state index contributed by atoms with van der Waals surface area (Å²) >= 11 is 0. The molecule has 0 saturated carbocycles. The summed E-state index contributed by atoms with van der Waals surface area (Å²) in [5, 5.41) is 0. The van der Waals surface area contributed by atoms with Gasteiger partial charge in [-0.15, -0.1) is 0 Å². The Morgan fingerprint density at radius 3 is 2.82 bits per heavy atom. The van der Waals surface area contributed by atoms with E-state index in [1.807, 2.05) is 30.3 Å². The molecule has 22 heavy (non-hydrogen) atoms. The van der Waals surface area contributed by atoms with Crippen LogP contribution < -0.4 is 0 Å². The van der Waals surface area contributed by atoms with Crippen molar-refractivity contribution in [1.82, 2.24) is 14.8 Å². The number of rotatable bonds is 4. The van der Waals surface area contributed by atoms with Crippen molar-refractivity contribution in [1.29, 1.82) is 0 Å². The Morgan fingerprint density at radius 2 is 2.18 bits per heavy atom. The second kappa shape index (κ2) is 6.34. The molecule has 1 atom stereocenters. The number of amides is 1. The first-order valence-corrected chi connectivity index (χ1v) is 8.05. The van der Waals surface area contributed by atoms with Gasteiger partial charge in [0.15, 0.2) is 0 Å². The molecule has 2 aliphatic rings. The highest BCUT2D eigenvalue weighted by Gasteiger charge is 2.50. The number of carbonyl (C=O) groups is 1. The van der Waals surface area contributed by atoms with Crippen LogP contribution in [0.5, 0.6) is 0 Å². The van der Waals surface area contributed by atoms with Gasteiger partial charge in [-0.05, 0) is 30.9 Å². The fourth-order valence-corrected chi connectivity index (χ4v) is 3.87. The summed E-state index contributed by atoms with van der Waals surface area (Å²) in [5.74, 6) is 0.225. The molecule has 0 bridgehead atoms. The molecule has 0 aromatic carbocycles. The smallest absolute Gasteiger partial charge is 0.230 e. The third-order valence-corrected chi connectivity index (χ3v) is 5.41. The Hall–Kier alpha value is -1.46. The number of ether oxygens (including phenoxy) is 1. The van der Waals surface area contributed by atoms with Gasteiger partial charge in [-0.3, -0.25) is 9.78 Å². The molecular formula is C17H25N3O2. The van der Waals surface area contributed by atoms with E-state index in [0.29, 0.717) is 0 Å². The molecule has 1 aromatic rings. The van der Waals surface area contributed by atoms with Crippen molar-refractivity contribution >= 4 is 5.91 Å². The molecule has 120 valence electrons. The van der Waals surface area contributed by atoms with Crippen LogP contribution in [-0.2, 0) is 9.53 Å². The average Bonchev–Trinajstić information content (AvgIpc) is 2.81. The Balaban J connectivity index is 1.70. The van der Waals surface area contributed by atoms with Gasteiger partial charge in [-0.25, -0.2) is 0 Å². The second-order valence-corrected chi connectivity index (χ2v) is 6.50. The Kier molecular flexibility index (Phi) is 4.45. The molecule has 0 radical (unpaired) electrons. The van der Waals surface area contributed by atoms with Gasteiger partial charge in [0.05, 0.1) is 12.5 Å². The third kappa shape index (κ3) is 2.75. The summed E-state index contributed by atoms with van der Waals surface area (Å²) in [7, 11) is 3.72. The number of likely N-dealkylation sites (N-methyl/N-ethyl adjacent to an activating group) is 1. The maximum absolute atomic E-state index is 12.7. The first-order chi connectivity index (χ1) is 10.7. The van der Waals surface area contributed by atoms with Gasteiger partial charge in [-0.2, -0.15) is 0 Å². The van der Waals surface area contributed by atoms with E-state index in [1.165, 1.54) is 0 Å². The molecule has 1 aromatic heterocycles. The highest BCUT2D eigenvalue weighted by Crippen LogP contribution is 2.44. The van der Waals surface area contributed by atoms with Crippen LogP contribution in [0, 0.1) is 0 Å². The quantitative estimate of drug-likeness (QED) is 0.846. The van der Waals surface area contributed by atoms with Crippen molar-refractivity contribution in [3.63, 3.8) is 0 Å². The third-order valence-electron chi connectivity index (χ3n) is 5.41. The molecule has 5 heteroatoms. The zero-order chi connectivity index (χ0) is 15.6. The van der Waals surface area contributed by atoms with Gasteiger partial charge >= 0.3 is 0 Å². The first kappa shape index (κ1) is 15.4. The maximum Gasteiger partial charge on any atom is 0.230 e. The fraction of sp³-hybridized carbons (Fsp3) is 0.647. The molecule has 2 aliphatic heterocycles. The van der Waals surface area contributed by atoms with Crippen LogP contribution in [0.2, 0.25) is 0 Å². The lowest BCUT2D eigenvalue weighted by molar-refractivity contribution is -0.131. The van der Waals surface area contributed by atoms with Crippen molar-refractivity contribution in [2.45, 2.75) is 30.7 Å². The van der Waals surface area contributed by atoms with Crippen molar-refractivity contribution in [3.05, 3.63) is 30.1 Å². The van der Waals surface area contributed by atoms with Crippen LogP contribution in [0.3, 0.4) is 0 Å². The van der Waals surface area contributed by atoms with Crippen molar-refractivity contribution < 1.29 is 9.53 Å². The summed E-state index contributed by atoms with van der Waals surface area (Å²) in [6.45, 7) is 3.85. The second-order valence-electron chi connectivity index (χ2n) is 6.50. The van der Waals surface area contributed by atoms with Crippen molar-refractivity contribution in [2.24, 2.45) is 0 Å². The van der Waals surface area contributed by atoms with Gasteiger partial charge in [0.25, 0.3) is 0 Å². The fourth-order valence-electron chi connectivity index (χ4n) is 3.87. The van der Waals surface area contributed by atoms with Crippen LogP contribution in [0.1, 0.15) is 30.7 Å². The minimum atomic E-state index is -0.0239. The Labute approximate surface area is 132 Å². The van der Waals surface area contributed by atoms with Crippen LogP contribution in [0.25, 0.3) is 0 Å². The molecule has 0 N–H and O–H groups in total. The van der Waals surface area contributed by atoms with Gasteiger partial charge in [-0.1, -0.05) is 6.07 Å². The largest absolute Gasteiger partial charge is 0.383 e. The van der Waals surface area contributed by atoms with Gasteiger partial charge in [0, 0.05) is 51.7 Å². The average molecular weight is 303 g/mol. The number of methoxy groups -OCH3 is 1. The van der Waals surface area contributed by atoms with E-state index in [1.54, 1.807) is 13.3 Å². The monoisotopic (exact) mass is 303 g/mol. The van der Waals surface area contributed by atoms with Crippen molar-refractivity contribution in [2.75, 3.05) is 40.4 Å². The number of aromatic nitrogens is 1. The van der Waals surface area contributed by atoms with E-state index in [0.717, 1.165) is 51.1 Å². The summed E-state index contributed by atoms with van der Waals surface area (Å²) in [5.41, 5.74) is 1.08. The maximum atomic E-state index is 12.7. The Morgan fingerprint density at radius 1 is 1.41 bits per heavy atom. The standard InChI is InChI=1S/C17H25N3O2/c1-19-16(21)15(14-4-3-7-18-13-14)12-17(19)5-8-20(9-6-17)10-11-22-2/h3-4,7,13,15H,5-6,8-12H2,1-2H3/t15-/m0/s1. The predicted molar refractivity (Wildman–Crippen MR) is 84.6 cm³/mol. The molecule has 1 amide bonds. The lowest BCUT2D eigenvalue weighted by Gasteiger charge is -2.43. The van der Waals surface area contributed by atoms with E-state index in [-0.39, 0.29) is 17.4 Å².